The van der Waals surface area contributed by atoms with Crippen molar-refractivity contribution in [2.24, 2.45) is 0 Å². The standard InChI is InChI=1S/C16H19N3O4S/c1-12(2)18-24(22,23)16-8-6-14(7-9-16)17-11-13-4-3-5-15(10-13)19(20)21/h3-10,12,17-18H,11H2,1-2H3. The minimum Gasteiger partial charge on any atom is -0.381 e. The molecule has 7 nitrogen and oxygen atoms in total. The summed E-state index contributed by atoms with van der Waals surface area (Å²) in [7, 11) is -3.51. The number of sulfonamides is 1. The Morgan fingerprint density at radius 2 is 1.79 bits per heavy atom. The van der Waals surface area contributed by atoms with Gasteiger partial charge in [-0.05, 0) is 43.7 Å². The fraction of sp³-hybridized carbons (Fsp3) is 0.250. The lowest BCUT2D eigenvalue weighted by molar-refractivity contribution is -0.384. The zero-order chi connectivity index (χ0) is 17.7. The quantitative estimate of drug-likeness (QED) is 0.591. The second kappa shape index (κ2) is 7.41. The average Bonchev–Trinajstić information content (AvgIpc) is 2.52. The number of non-ortho nitro benzene ring substituents is 1. The van der Waals surface area contributed by atoms with E-state index in [0.29, 0.717) is 6.54 Å². The van der Waals surface area contributed by atoms with Crippen LogP contribution in [0.1, 0.15) is 19.4 Å². The van der Waals surface area contributed by atoms with Crippen LogP contribution in [-0.2, 0) is 16.6 Å². The number of nitrogens with one attached hydrogen (secondary N) is 2. The van der Waals surface area contributed by atoms with Crippen molar-refractivity contribution in [1.82, 2.24) is 4.72 Å². The predicted octanol–water partition coefficient (Wildman–Crippen LogP) is 2.89. The van der Waals surface area contributed by atoms with E-state index in [9.17, 15) is 18.5 Å². The maximum Gasteiger partial charge on any atom is 0.269 e. The molecule has 0 aromatic heterocycles. The molecule has 0 atom stereocenters. The fourth-order valence-electron chi connectivity index (χ4n) is 2.11. The Hall–Kier alpha value is -2.45. The number of hydrogen-bond acceptors (Lipinski definition) is 5. The third kappa shape index (κ3) is 4.77. The van der Waals surface area contributed by atoms with Gasteiger partial charge in [-0.1, -0.05) is 12.1 Å². The number of benzene rings is 2. The van der Waals surface area contributed by atoms with E-state index in [1.54, 1.807) is 38.1 Å². The summed E-state index contributed by atoms with van der Waals surface area (Å²) in [6.45, 7) is 3.91. The molecule has 24 heavy (non-hydrogen) atoms. The minimum atomic E-state index is -3.51. The van der Waals surface area contributed by atoms with E-state index in [4.69, 9.17) is 0 Å². The first kappa shape index (κ1) is 17.9. The van der Waals surface area contributed by atoms with Gasteiger partial charge >= 0.3 is 0 Å². The topological polar surface area (TPSA) is 101 Å². The number of nitro groups is 1. The smallest absolute Gasteiger partial charge is 0.269 e. The van der Waals surface area contributed by atoms with Gasteiger partial charge in [-0.3, -0.25) is 10.1 Å². The number of hydrogen-bond donors (Lipinski definition) is 2. The van der Waals surface area contributed by atoms with Gasteiger partial charge in [0.1, 0.15) is 0 Å². The summed E-state index contributed by atoms with van der Waals surface area (Å²) >= 11 is 0. The molecule has 2 aromatic carbocycles. The third-order valence-corrected chi connectivity index (χ3v) is 4.85. The molecule has 128 valence electrons. The van der Waals surface area contributed by atoms with E-state index < -0.39 is 14.9 Å². The Morgan fingerprint density at radius 1 is 1.12 bits per heavy atom. The summed E-state index contributed by atoms with van der Waals surface area (Å²) in [4.78, 5) is 10.5. The molecule has 8 heteroatoms. The van der Waals surface area contributed by atoms with Crippen molar-refractivity contribution in [2.75, 3.05) is 5.32 Å². The summed E-state index contributed by atoms with van der Waals surface area (Å²) in [6.07, 6.45) is 0. The number of rotatable bonds is 7. The molecule has 2 N–H and O–H groups in total. The predicted molar refractivity (Wildman–Crippen MR) is 92.3 cm³/mol. The molecule has 0 aliphatic rings. The van der Waals surface area contributed by atoms with Crippen molar-refractivity contribution in [3.63, 3.8) is 0 Å². The Balaban J connectivity index is 2.05. The molecule has 2 rings (SSSR count). The Labute approximate surface area is 140 Å². The molecule has 0 radical (unpaired) electrons. The number of nitro benzene ring substituents is 1. The van der Waals surface area contributed by atoms with Gasteiger partial charge in [0.15, 0.2) is 0 Å². The maximum atomic E-state index is 12.0. The first-order valence-electron chi connectivity index (χ1n) is 7.37. The van der Waals surface area contributed by atoms with E-state index in [0.717, 1.165) is 11.3 Å². The third-order valence-electron chi connectivity index (χ3n) is 3.17. The molecule has 0 heterocycles. The molecule has 0 aliphatic heterocycles. The van der Waals surface area contributed by atoms with Crippen LogP contribution >= 0.6 is 0 Å². The van der Waals surface area contributed by atoms with Crippen LogP contribution in [0.2, 0.25) is 0 Å². The van der Waals surface area contributed by atoms with Crippen LogP contribution in [0.4, 0.5) is 11.4 Å². The monoisotopic (exact) mass is 349 g/mol. The molecular formula is C16H19N3O4S. The van der Waals surface area contributed by atoms with Crippen LogP contribution in [0.3, 0.4) is 0 Å². The van der Waals surface area contributed by atoms with Crippen molar-refractivity contribution in [3.8, 4) is 0 Å². The first-order valence-corrected chi connectivity index (χ1v) is 8.86. The second-order valence-corrected chi connectivity index (χ2v) is 7.29. The minimum absolute atomic E-state index is 0.0375. The van der Waals surface area contributed by atoms with Crippen molar-refractivity contribution in [2.45, 2.75) is 31.3 Å². The molecule has 0 aliphatic carbocycles. The van der Waals surface area contributed by atoms with E-state index in [1.165, 1.54) is 24.3 Å². The highest BCUT2D eigenvalue weighted by molar-refractivity contribution is 7.89. The zero-order valence-electron chi connectivity index (χ0n) is 13.4. The van der Waals surface area contributed by atoms with Crippen LogP contribution < -0.4 is 10.0 Å². The van der Waals surface area contributed by atoms with Gasteiger partial charge in [-0.15, -0.1) is 0 Å². The van der Waals surface area contributed by atoms with Gasteiger partial charge in [0.2, 0.25) is 10.0 Å². The Morgan fingerprint density at radius 3 is 2.38 bits per heavy atom. The summed E-state index contributed by atoms with van der Waals surface area (Å²) in [5.41, 5.74) is 1.53. The molecule has 0 spiro atoms. The Kier molecular flexibility index (Phi) is 5.53. The highest BCUT2D eigenvalue weighted by Gasteiger charge is 2.14. The highest BCUT2D eigenvalue weighted by Crippen LogP contribution is 2.17. The van der Waals surface area contributed by atoms with Gasteiger partial charge in [-0.2, -0.15) is 0 Å². The molecule has 0 amide bonds. The van der Waals surface area contributed by atoms with Gasteiger partial charge in [0.25, 0.3) is 5.69 Å². The van der Waals surface area contributed by atoms with Crippen LogP contribution in [0.5, 0.6) is 0 Å². The molecule has 0 saturated carbocycles. The maximum absolute atomic E-state index is 12.0. The lowest BCUT2D eigenvalue weighted by Gasteiger charge is -2.11. The van der Waals surface area contributed by atoms with Crippen LogP contribution in [0.25, 0.3) is 0 Å². The first-order chi connectivity index (χ1) is 11.3. The fourth-order valence-corrected chi connectivity index (χ4v) is 3.37. The molecule has 2 aromatic rings. The zero-order valence-corrected chi connectivity index (χ0v) is 14.2. The molecule has 0 bridgehead atoms. The van der Waals surface area contributed by atoms with Crippen molar-refractivity contribution >= 4 is 21.4 Å². The molecule has 0 saturated heterocycles. The van der Waals surface area contributed by atoms with E-state index >= 15 is 0 Å². The SMILES string of the molecule is CC(C)NS(=O)(=O)c1ccc(NCc2cccc([N+](=O)[O-])c2)cc1. The summed E-state index contributed by atoms with van der Waals surface area (Å²) < 4.78 is 26.6. The second-order valence-electron chi connectivity index (χ2n) is 5.58. The summed E-state index contributed by atoms with van der Waals surface area (Å²) in [5.74, 6) is 0. The Bertz CT molecular complexity index is 817. The summed E-state index contributed by atoms with van der Waals surface area (Å²) in [5, 5.41) is 13.9. The molecule has 0 fully saturated rings. The normalized spacial score (nSPS) is 11.5. The van der Waals surface area contributed by atoms with Crippen molar-refractivity contribution < 1.29 is 13.3 Å². The lowest BCUT2D eigenvalue weighted by atomic mass is 10.2. The van der Waals surface area contributed by atoms with Gasteiger partial charge < -0.3 is 5.32 Å². The number of anilines is 1. The van der Waals surface area contributed by atoms with Crippen LogP contribution in [0, 0.1) is 10.1 Å². The largest absolute Gasteiger partial charge is 0.381 e. The van der Waals surface area contributed by atoms with E-state index in [2.05, 4.69) is 10.0 Å². The average molecular weight is 349 g/mol. The lowest BCUT2D eigenvalue weighted by Crippen LogP contribution is -2.30. The van der Waals surface area contributed by atoms with E-state index in [1.807, 2.05) is 0 Å². The number of nitrogens with zero attached hydrogens (tertiary/aromatic N) is 1. The van der Waals surface area contributed by atoms with E-state index in [-0.39, 0.29) is 16.6 Å². The highest BCUT2D eigenvalue weighted by atomic mass is 32.2. The van der Waals surface area contributed by atoms with Crippen molar-refractivity contribution in [3.05, 3.63) is 64.2 Å². The molecular weight excluding hydrogens is 330 g/mol. The van der Waals surface area contributed by atoms with Gasteiger partial charge in [-0.25, -0.2) is 13.1 Å². The van der Waals surface area contributed by atoms with Gasteiger partial charge in [0, 0.05) is 30.4 Å². The van der Waals surface area contributed by atoms with Crippen molar-refractivity contribution in [1.29, 1.82) is 0 Å². The van der Waals surface area contributed by atoms with Crippen LogP contribution in [-0.4, -0.2) is 19.4 Å². The van der Waals surface area contributed by atoms with Crippen LogP contribution in [0.15, 0.2) is 53.4 Å². The molecule has 0 unspecified atom stereocenters. The summed E-state index contributed by atoms with van der Waals surface area (Å²) in [6, 6.07) is 12.5. The van der Waals surface area contributed by atoms with Gasteiger partial charge in [0.05, 0.1) is 9.82 Å².